The molecule has 1 aromatic rings. The molecule has 1 fully saturated rings. The molecule has 1 heterocycles. The lowest BCUT2D eigenvalue weighted by Gasteiger charge is -2.21. The van der Waals surface area contributed by atoms with Crippen molar-refractivity contribution in [3.05, 3.63) is 29.8 Å². The first-order valence-electron chi connectivity index (χ1n) is 7.01. The number of amides is 1. The number of carbonyl (C=O) groups is 1. The van der Waals surface area contributed by atoms with E-state index < -0.39 is 0 Å². The van der Waals surface area contributed by atoms with Gasteiger partial charge >= 0.3 is 0 Å². The van der Waals surface area contributed by atoms with Crippen molar-refractivity contribution >= 4 is 11.6 Å². The third-order valence-corrected chi connectivity index (χ3v) is 3.25. The van der Waals surface area contributed by atoms with Gasteiger partial charge in [0.15, 0.2) is 0 Å². The Morgan fingerprint density at radius 3 is 3.05 bits per heavy atom. The van der Waals surface area contributed by atoms with Crippen molar-refractivity contribution in [2.45, 2.75) is 38.8 Å². The number of hydrogen-bond donors (Lipinski definition) is 2. The molecule has 0 spiro atoms. The molecule has 1 aromatic carbocycles. The first kappa shape index (κ1) is 14.0. The van der Waals surface area contributed by atoms with Gasteiger partial charge in [0.2, 0.25) is 0 Å². The van der Waals surface area contributed by atoms with Crippen LogP contribution in [-0.4, -0.2) is 25.2 Å². The molecule has 1 aliphatic heterocycles. The summed E-state index contributed by atoms with van der Waals surface area (Å²) in [6, 6.07) is 7.93. The van der Waals surface area contributed by atoms with E-state index in [4.69, 9.17) is 4.74 Å². The van der Waals surface area contributed by atoms with Crippen LogP contribution in [0.2, 0.25) is 0 Å². The van der Waals surface area contributed by atoms with Gasteiger partial charge in [0.1, 0.15) is 6.10 Å². The van der Waals surface area contributed by atoms with E-state index in [1.807, 2.05) is 18.2 Å². The molecule has 0 bridgehead atoms. The molecule has 1 aliphatic rings. The molecule has 4 heteroatoms. The Kier molecular flexibility index (Phi) is 5.36. The van der Waals surface area contributed by atoms with Crippen LogP contribution >= 0.6 is 0 Å². The number of nitrogens with one attached hydrogen (secondary N) is 2. The Labute approximate surface area is 114 Å². The van der Waals surface area contributed by atoms with E-state index in [1.165, 1.54) is 5.56 Å². The molecule has 19 heavy (non-hydrogen) atoms. The van der Waals surface area contributed by atoms with Crippen LogP contribution in [0.4, 0.5) is 5.69 Å². The SMILES string of the molecule is CCNCc1cccc(NC(=O)C2CCCCO2)c1. The fourth-order valence-corrected chi connectivity index (χ4v) is 2.20. The highest BCUT2D eigenvalue weighted by Crippen LogP contribution is 2.16. The molecule has 104 valence electrons. The Hall–Kier alpha value is -1.39. The lowest BCUT2D eigenvalue weighted by atomic mass is 10.1. The zero-order chi connectivity index (χ0) is 13.5. The van der Waals surface area contributed by atoms with Crippen LogP contribution in [0.25, 0.3) is 0 Å². The number of benzene rings is 1. The first-order chi connectivity index (χ1) is 9.29. The van der Waals surface area contributed by atoms with Gasteiger partial charge in [-0.05, 0) is 43.5 Å². The molecule has 2 rings (SSSR count). The van der Waals surface area contributed by atoms with E-state index in [0.29, 0.717) is 6.61 Å². The summed E-state index contributed by atoms with van der Waals surface area (Å²) in [6.07, 6.45) is 2.66. The fourth-order valence-electron chi connectivity index (χ4n) is 2.20. The van der Waals surface area contributed by atoms with Crippen molar-refractivity contribution in [2.75, 3.05) is 18.5 Å². The summed E-state index contributed by atoms with van der Waals surface area (Å²) in [7, 11) is 0. The third-order valence-electron chi connectivity index (χ3n) is 3.25. The minimum absolute atomic E-state index is 0.0275. The average molecular weight is 262 g/mol. The van der Waals surface area contributed by atoms with E-state index in [-0.39, 0.29) is 12.0 Å². The number of anilines is 1. The number of carbonyl (C=O) groups excluding carboxylic acids is 1. The van der Waals surface area contributed by atoms with Gasteiger partial charge in [-0.2, -0.15) is 0 Å². The second-order valence-electron chi connectivity index (χ2n) is 4.83. The van der Waals surface area contributed by atoms with Gasteiger partial charge in [0.05, 0.1) is 0 Å². The summed E-state index contributed by atoms with van der Waals surface area (Å²) in [6.45, 7) is 4.53. The van der Waals surface area contributed by atoms with E-state index in [0.717, 1.165) is 38.0 Å². The van der Waals surface area contributed by atoms with E-state index in [2.05, 4.69) is 23.6 Å². The van der Waals surface area contributed by atoms with Gasteiger partial charge in [-0.25, -0.2) is 0 Å². The van der Waals surface area contributed by atoms with Crippen molar-refractivity contribution in [1.29, 1.82) is 0 Å². The summed E-state index contributed by atoms with van der Waals surface area (Å²) < 4.78 is 5.48. The summed E-state index contributed by atoms with van der Waals surface area (Å²) in [5, 5.41) is 6.21. The highest BCUT2D eigenvalue weighted by Gasteiger charge is 2.21. The monoisotopic (exact) mass is 262 g/mol. The van der Waals surface area contributed by atoms with Gasteiger partial charge in [-0.3, -0.25) is 4.79 Å². The largest absolute Gasteiger partial charge is 0.368 e. The second-order valence-corrected chi connectivity index (χ2v) is 4.83. The standard InChI is InChI=1S/C15H22N2O2/c1-2-16-11-12-6-5-7-13(10-12)17-15(18)14-8-3-4-9-19-14/h5-7,10,14,16H,2-4,8-9,11H2,1H3,(H,17,18). The second kappa shape index (κ2) is 7.26. The average Bonchev–Trinajstić information content (AvgIpc) is 2.46. The fraction of sp³-hybridized carbons (Fsp3) is 0.533. The first-order valence-corrected chi connectivity index (χ1v) is 7.01. The molecule has 1 amide bonds. The molecule has 0 radical (unpaired) electrons. The van der Waals surface area contributed by atoms with Crippen LogP contribution in [0.5, 0.6) is 0 Å². The van der Waals surface area contributed by atoms with Crippen molar-refractivity contribution in [3.63, 3.8) is 0 Å². The molecule has 1 unspecified atom stereocenters. The summed E-state index contributed by atoms with van der Waals surface area (Å²) >= 11 is 0. The summed E-state index contributed by atoms with van der Waals surface area (Å²) in [4.78, 5) is 12.0. The van der Waals surface area contributed by atoms with E-state index in [9.17, 15) is 4.79 Å². The number of hydrogen-bond acceptors (Lipinski definition) is 3. The molecule has 1 atom stereocenters. The molecular formula is C15H22N2O2. The van der Waals surface area contributed by atoms with Crippen molar-refractivity contribution < 1.29 is 9.53 Å². The van der Waals surface area contributed by atoms with E-state index in [1.54, 1.807) is 0 Å². The summed E-state index contributed by atoms with van der Waals surface area (Å²) in [5.41, 5.74) is 2.01. The molecule has 0 aromatic heterocycles. The number of ether oxygens (including phenoxy) is 1. The van der Waals surface area contributed by atoms with Gasteiger partial charge < -0.3 is 15.4 Å². The van der Waals surface area contributed by atoms with Gasteiger partial charge in [-0.15, -0.1) is 0 Å². The molecule has 0 aliphatic carbocycles. The lowest BCUT2D eigenvalue weighted by molar-refractivity contribution is -0.129. The van der Waals surface area contributed by atoms with Crippen LogP contribution in [0.15, 0.2) is 24.3 Å². The smallest absolute Gasteiger partial charge is 0.253 e. The maximum absolute atomic E-state index is 12.0. The Balaban J connectivity index is 1.92. The number of rotatable bonds is 5. The predicted molar refractivity (Wildman–Crippen MR) is 76.0 cm³/mol. The minimum Gasteiger partial charge on any atom is -0.368 e. The van der Waals surface area contributed by atoms with Crippen LogP contribution in [0.3, 0.4) is 0 Å². The third kappa shape index (κ3) is 4.33. The van der Waals surface area contributed by atoms with Crippen LogP contribution < -0.4 is 10.6 Å². The lowest BCUT2D eigenvalue weighted by Crippen LogP contribution is -2.33. The van der Waals surface area contributed by atoms with E-state index >= 15 is 0 Å². The van der Waals surface area contributed by atoms with Crippen LogP contribution in [0.1, 0.15) is 31.7 Å². The van der Waals surface area contributed by atoms with Crippen molar-refractivity contribution in [2.24, 2.45) is 0 Å². The normalized spacial score (nSPS) is 19.1. The van der Waals surface area contributed by atoms with Gasteiger partial charge in [-0.1, -0.05) is 19.1 Å². The Morgan fingerprint density at radius 2 is 2.32 bits per heavy atom. The maximum atomic E-state index is 12.0. The highest BCUT2D eigenvalue weighted by atomic mass is 16.5. The predicted octanol–water partition coefficient (Wildman–Crippen LogP) is 2.30. The highest BCUT2D eigenvalue weighted by molar-refractivity contribution is 5.94. The Bertz CT molecular complexity index is 414. The summed E-state index contributed by atoms with van der Waals surface area (Å²) in [5.74, 6) is -0.0275. The van der Waals surface area contributed by atoms with Crippen LogP contribution in [0, 0.1) is 0 Å². The maximum Gasteiger partial charge on any atom is 0.253 e. The minimum atomic E-state index is -0.286. The van der Waals surface area contributed by atoms with Crippen molar-refractivity contribution in [1.82, 2.24) is 5.32 Å². The molecule has 1 saturated heterocycles. The van der Waals surface area contributed by atoms with Gasteiger partial charge in [0.25, 0.3) is 5.91 Å². The molecule has 2 N–H and O–H groups in total. The molecular weight excluding hydrogens is 240 g/mol. The zero-order valence-corrected chi connectivity index (χ0v) is 11.4. The van der Waals surface area contributed by atoms with Gasteiger partial charge in [0, 0.05) is 18.8 Å². The topological polar surface area (TPSA) is 50.4 Å². The Morgan fingerprint density at radius 1 is 1.42 bits per heavy atom. The molecule has 0 saturated carbocycles. The molecule has 4 nitrogen and oxygen atoms in total. The van der Waals surface area contributed by atoms with Crippen LogP contribution in [-0.2, 0) is 16.1 Å². The van der Waals surface area contributed by atoms with Crippen molar-refractivity contribution in [3.8, 4) is 0 Å². The quantitative estimate of drug-likeness (QED) is 0.856. The zero-order valence-electron chi connectivity index (χ0n) is 11.4.